The van der Waals surface area contributed by atoms with Crippen molar-refractivity contribution in [3.05, 3.63) is 0 Å². The first-order valence-corrected chi connectivity index (χ1v) is 7.28. The fraction of sp³-hybridized carbons (Fsp3) is 1.00. The van der Waals surface area contributed by atoms with Gasteiger partial charge in [0, 0.05) is 0 Å². The van der Waals surface area contributed by atoms with Crippen LogP contribution in [0.3, 0.4) is 0 Å². The highest BCUT2D eigenvalue weighted by atomic mass is 35.5. The summed E-state index contributed by atoms with van der Waals surface area (Å²) in [6.07, 6.45) is -46.3. The molecule has 0 saturated carbocycles. The second kappa shape index (κ2) is 8.65. The lowest BCUT2D eigenvalue weighted by molar-refractivity contribution is -0.673. The maximum absolute atomic E-state index is 13.7. The summed E-state index contributed by atoms with van der Waals surface area (Å²) in [5.74, 6) is -7.73. The maximum Gasteiger partial charge on any atom is 0.478 e. The van der Waals surface area contributed by atoms with Crippen LogP contribution in [0, 0.1) is 0 Å². The summed E-state index contributed by atoms with van der Waals surface area (Å²) in [5, 5.41) is 3.23. The Kier molecular flexibility index (Phi) is 8.33. The van der Waals surface area contributed by atoms with Crippen molar-refractivity contribution < 1.29 is 107 Å². The van der Waals surface area contributed by atoms with E-state index in [1.54, 1.807) is 0 Å². The monoisotopic (exact) mass is 599 g/mol. The Morgan fingerprint density at radius 2 is 0.686 bits per heavy atom. The van der Waals surface area contributed by atoms with Crippen molar-refractivity contribution >= 4 is 11.6 Å². The zero-order chi connectivity index (χ0) is 29.1. The Bertz CT molecular complexity index is 689. The van der Waals surface area contributed by atoms with Gasteiger partial charge in [-0.05, 0) is 0 Å². The van der Waals surface area contributed by atoms with Gasteiger partial charge in [0.1, 0.15) is 0 Å². The van der Waals surface area contributed by atoms with Gasteiger partial charge in [-0.25, -0.2) is 23.0 Å². The predicted molar refractivity (Wildman–Crippen MR) is 58.6 cm³/mol. The third-order valence-corrected chi connectivity index (χ3v) is 3.35. The average molecular weight is 600 g/mol. The zero-order valence-corrected chi connectivity index (χ0v) is 15.3. The molecule has 0 aromatic rings. The Balaban J connectivity index is 6.80. The highest BCUT2D eigenvalue weighted by molar-refractivity contribution is 6.24. The molecule has 4 atom stereocenters. The second-order valence-corrected chi connectivity index (χ2v) is 6.09. The van der Waals surface area contributed by atoms with Crippen LogP contribution in [0.1, 0.15) is 0 Å². The molecule has 4 nitrogen and oxygen atoms in total. The minimum atomic E-state index is -7.98. The summed E-state index contributed by atoms with van der Waals surface area (Å²) in [4.78, 5) is 0. The first-order valence-electron chi connectivity index (χ1n) is 6.90. The molecule has 0 saturated heterocycles. The molecule has 0 amide bonds. The van der Waals surface area contributed by atoms with E-state index in [1.807, 2.05) is 0 Å². The van der Waals surface area contributed by atoms with E-state index in [1.165, 1.54) is 14.2 Å². The van der Waals surface area contributed by atoms with Crippen LogP contribution in [0.2, 0.25) is 0 Å². The number of rotatable bonds is 8. The van der Waals surface area contributed by atoms with Crippen molar-refractivity contribution in [2.24, 2.45) is 0 Å². The van der Waals surface area contributed by atoms with Gasteiger partial charge in [0.25, 0.3) is 0 Å². The topological polar surface area (TPSA) is 50.8 Å². The molecule has 0 aromatic carbocycles. The quantitative estimate of drug-likeness (QED) is 0.206. The van der Waals surface area contributed by atoms with Crippen molar-refractivity contribution in [1.82, 2.24) is 0 Å². The lowest BCUT2D eigenvalue weighted by Gasteiger charge is -2.43. The van der Waals surface area contributed by atoms with Crippen molar-refractivity contribution in [2.45, 2.75) is 60.0 Å². The van der Waals surface area contributed by atoms with Crippen molar-refractivity contribution in [2.75, 3.05) is 0 Å². The molecule has 4 unspecified atom stereocenters. The minimum Gasteiger partial charge on any atom is -0.811 e. The van der Waals surface area contributed by atoms with E-state index in [4.69, 9.17) is 0 Å². The van der Waals surface area contributed by atoms with Gasteiger partial charge in [-0.15, -0.1) is 0 Å². The molecule has 0 aliphatic heterocycles. The van der Waals surface area contributed by atoms with E-state index in [-0.39, 0.29) is 0 Å². The molecule has 0 aromatic heterocycles. The molecular formula is C10ClF20O4-. The van der Waals surface area contributed by atoms with Crippen LogP contribution in [0.4, 0.5) is 87.8 Å². The van der Waals surface area contributed by atoms with Crippen molar-refractivity contribution in [1.29, 1.82) is 0 Å². The van der Waals surface area contributed by atoms with Gasteiger partial charge in [-0.1, -0.05) is 11.6 Å². The maximum atomic E-state index is 13.7. The molecule has 0 fully saturated rings. The smallest absolute Gasteiger partial charge is 0.478 e. The first kappa shape index (κ1) is 33.7. The largest absolute Gasteiger partial charge is 0.811 e. The molecule has 35 heavy (non-hydrogen) atoms. The first-order chi connectivity index (χ1) is 14.6. The molecule has 0 spiro atoms. The summed E-state index contributed by atoms with van der Waals surface area (Å²) in [6.45, 7) is 0. The van der Waals surface area contributed by atoms with E-state index in [2.05, 4.69) is 11.6 Å². The molecule has 212 valence electrons. The molecule has 0 bridgehead atoms. The lowest BCUT2D eigenvalue weighted by Crippen LogP contribution is -2.70. The van der Waals surface area contributed by atoms with Gasteiger partial charge in [-0.3, -0.25) is 0 Å². The molecule has 0 radical (unpaired) electrons. The van der Waals surface area contributed by atoms with Crippen LogP contribution in [0.5, 0.6) is 0 Å². The number of alkyl halides is 21. The number of hydrogen-bond acceptors (Lipinski definition) is 4. The van der Waals surface area contributed by atoms with Crippen molar-refractivity contribution in [3.8, 4) is 0 Å². The molecular weight excluding hydrogens is 600 g/mol. The third-order valence-electron chi connectivity index (χ3n) is 2.92. The summed E-state index contributed by atoms with van der Waals surface area (Å²) in [6, 6.07) is -15.9. The lowest BCUT2D eigenvalue weighted by atomic mass is 10.3. The standard InChI is InChI=1S/C10ClF20O4/c11-1(12,3(14,15)16)7(26,27)33-9(30,5(20,21)22)35-10(31,6(23,24)25)34-8(28,29)2(13,32)4(17,18)19/q-1. The molecule has 0 aliphatic rings. The Morgan fingerprint density at radius 3 is 0.914 bits per heavy atom. The zero-order valence-electron chi connectivity index (χ0n) is 14.6. The summed E-state index contributed by atoms with van der Waals surface area (Å²) in [5.41, 5.74) is 0. The number of hydrogen-bond donors (Lipinski definition) is 0. The van der Waals surface area contributed by atoms with E-state index >= 15 is 0 Å². The summed E-state index contributed by atoms with van der Waals surface area (Å²) in [7, 11) is 0. The Morgan fingerprint density at radius 1 is 0.400 bits per heavy atom. The molecule has 0 heterocycles. The predicted octanol–water partition coefficient (Wildman–Crippen LogP) is 5.65. The fourth-order valence-electron chi connectivity index (χ4n) is 1.23. The van der Waals surface area contributed by atoms with E-state index < -0.39 is 60.0 Å². The van der Waals surface area contributed by atoms with Crippen molar-refractivity contribution in [3.63, 3.8) is 0 Å². The second-order valence-electron chi connectivity index (χ2n) is 5.57. The summed E-state index contributed by atoms with van der Waals surface area (Å²) >= 11 is 3.50. The molecule has 0 aliphatic carbocycles. The van der Waals surface area contributed by atoms with Crippen LogP contribution >= 0.6 is 11.6 Å². The Labute approximate surface area is 180 Å². The van der Waals surface area contributed by atoms with Gasteiger partial charge in [0.05, 0.1) is 0 Å². The highest BCUT2D eigenvalue weighted by Gasteiger charge is 2.81. The SMILES string of the molecule is [O-]C(F)(C(F)(F)F)C(F)(F)OC(F)(OC(F)(OC(F)(F)C(F)(Cl)C(F)(F)F)C(F)(F)F)C(F)(F)F. The van der Waals surface area contributed by atoms with Crippen LogP contribution < -0.4 is 5.11 Å². The van der Waals surface area contributed by atoms with Crippen LogP contribution in [-0.4, -0.2) is 60.0 Å². The van der Waals surface area contributed by atoms with E-state index in [0.717, 1.165) is 0 Å². The molecule has 25 heteroatoms. The van der Waals surface area contributed by atoms with Gasteiger partial charge in [-0.2, -0.15) is 79.0 Å². The van der Waals surface area contributed by atoms with Gasteiger partial charge in [0.2, 0.25) is 5.85 Å². The third kappa shape index (κ3) is 6.18. The highest BCUT2D eigenvalue weighted by Crippen LogP contribution is 2.55. The average Bonchev–Trinajstić information content (AvgIpc) is 2.48. The van der Waals surface area contributed by atoms with Crippen LogP contribution in [0.25, 0.3) is 0 Å². The number of halogens is 21. The fourth-order valence-corrected chi connectivity index (χ4v) is 1.27. The molecule has 0 N–H and O–H groups in total. The normalized spacial score (nSPS) is 22.1. The molecule has 0 rings (SSSR count). The number of ether oxygens (including phenoxy) is 3. The van der Waals surface area contributed by atoms with Gasteiger partial charge >= 0.3 is 54.1 Å². The van der Waals surface area contributed by atoms with Gasteiger partial charge < -0.3 is 5.11 Å². The Hall–Kier alpha value is -1.27. The minimum absolute atomic E-state index is 1.27. The van der Waals surface area contributed by atoms with E-state index in [0.29, 0.717) is 0 Å². The summed E-state index contributed by atoms with van der Waals surface area (Å²) < 4.78 is 257. The van der Waals surface area contributed by atoms with Crippen LogP contribution in [0.15, 0.2) is 0 Å². The van der Waals surface area contributed by atoms with Crippen LogP contribution in [-0.2, 0) is 14.2 Å². The van der Waals surface area contributed by atoms with Gasteiger partial charge in [0.15, 0.2) is 0 Å². The van der Waals surface area contributed by atoms with E-state index in [9.17, 15) is 92.9 Å².